The summed E-state index contributed by atoms with van der Waals surface area (Å²) in [5, 5.41) is 15.1. The van der Waals surface area contributed by atoms with E-state index in [-0.39, 0.29) is 6.04 Å². The van der Waals surface area contributed by atoms with Crippen molar-refractivity contribution >= 4 is 23.1 Å². The Labute approximate surface area is 128 Å². The highest BCUT2D eigenvalue weighted by atomic mass is 32.2. The van der Waals surface area contributed by atoms with Gasteiger partial charge in [0.2, 0.25) is 0 Å². The minimum atomic E-state index is -0.689. The van der Waals surface area contributed by atoms with Crippen LogP contribution in [0.15, 0.2) is 46.2 Å². The summed E-state index contributed by atoms with van der Waals surface area (Å²) in [5.74, 6) is 0.638. The van der Waals surface area contributed by atoms with Gasteiger partial charge in [-0.25, -0.2) is 4.98 Å². The van der Waals surface area contributed by atoms with E-state index in [4.69, 9.17) is 0 Å². The fourth-order valence-electron chi connectivity index (χ4n) is 2.00. The second-order valence-electron chi connectivity index (χ2n) is 4.77. The Bertz CT molecular complexity index is 561. The Hall–Kier alpha value is -1.35. The molecule has 0 bridgehead atoms. The largest absolute Gasteiger partial charge is 0.293 e. The molecule has 0 amide bonds. The molecule has 2 aromatic rings. The van der Waals surface area contributed by atoms with Crippen molar-refractivity contribution in [2.45, 2.75) is 29.8 Å². The number of benzene rings is 1. The number of nitrogens with one attached hydrogen (secondary N) is 1. The normalized spacial score (nSPS) is 13.9. The molecule has 0 spiro atoms. The van der Waals surface area contributed by atoms with Gasteiger partial charge in [0.1, 0.15) is 9.88 Å². The first kappa shape index (κ1) is 15.0. The summed E-state index contributed by atoms with van der Waals surface area (Å²) < 4.78 is 0.992. The second kappa shape index (κ2) is 6.89. The van der Waals surface area contributed by atoms with Crippen LogP contribution in [0.2, 0.25) is 0 Å². The smallest absolute Gasteiger partial charge is 0.149 e. The molecule has 104 valence electrons. The SMILES string of the molecule is CC(C)NC(C#N)(CSc1nccs1)c1ccccc1. The zero-order chi connectivity index (χ0) is 14.4. The van der Waals surface area contributed by atoms with E-state index >= 15 is 0 Å². The van der Waals surface area contributed by atoms with Gasteiger partial charge in [0.05, 0.1) is 6.07 Å². The van der Waals surface area contributed by atoms with Crippen molar-refractivity contribution < 1.29 is 0 Å². The minimum Gasteiger partial charge on any atom is -0.293 e. The van der Waals surface area contributed by atoms with Gasteiger partial charge in [-0.2, -0.15) is 5.26 Å². The number of nitriles is 1. The first-order valence-electron chi connectivity index (χ1n) is 6.43. The number of thioether (sulfide) groups is 1. The van der Waals surface area contributed by atoms with Gasteiger partial charge in [0.25, 0.3) is 0 Å². The van der Waals surface area contributed by atoms with Crippen LogP contribution in [0.1, 0.15) is 19.4 Å². The molecule has 1 heterocycles. The summed E-state index contributed by atoms with van der Waals surface area (Å²) in [4.78, 5) is 4.27. The molecule has 1 atom stereocenters. The summed E-state index contributed by atoms with van der Waals surface area (Å²) in [5.41, 5.74) is 0.312. The Morgan fingerprint density at radius 1 is 1.40 bits per heavy atom. The van der Waals surface area contributed by atoms with Crippen molar-refractivity contribution in [2.75, 3.05) is 5.75 Å². The molecule has 0 radical (unpaired) electrons. The van der Waals surface area contributed by atoms with Crippen LogP contribution in [0, 0.1) is 11.3 Å². The molecule has 0 fully saturated rings. The molecular formula is C15H17N3S2. The molecule has 0 aliphatic carbocycles. The van der Waals surface area contributed by atoms with Crippen molar-refractivity contribution in [1.82, 2.24) is 10.3 Å². The number of aromatic nitrogens is 1. The molecule has 0 aliphatic heterocycles. The lowest BCUT2D eigenvalue weighted by molar-refractivity contribution is 0.425. The number of rotatable bonds is 6. The summed E-state index contributed by atoms with van der Waals surface area (Å²) >= 11 is 3.22. The zero-order valence-corrected chi connectivity index (χ0v) is 13.2. The topological polar surface area (TPSA) is 48.7 Å². The minimum absolute atomic E-state index is 0.228. The molecule has 0 saturated heterocycles. The average Bonchev–Trinajstić information content (AvgIpc) is 2.97. The van der Waals surface area contributed by atoms with Crippen LogP contribution in [0.4, 0.5) is 0 Å². The van der Waals surface area contributed by atoms with Crippen LogP contribution in [-0.4, -0.2) is 16.8 Å². The monoisotopic (exact) mass is 303 g/mol. The van der Waals surface area contributed by atoms with Gasteiger partial charge in [-0.1, -0.05) is 42.1 Å². The fourth-order valence-corrected chi connectivity index (χ4v) is 3.77. The van der Waals surface area contributed by atoms with Gasteiger partial charge in [0.15, 0.2) is 0 Å². The van der Waals surface area contributed by atoms with Crippen molar-refractivity contribution in [3.8, 4) is 6.07 Å². The van der Waals surface area contributed by atoms with Gasteiger partial charge in [0, 0.05) is 23.4 Å². The molecule has 1 N–H and O–H groups in total. The molecule has 2 rings (SSSR count). The maximum absolute atomic E-state index is 9.76. The highest BCUT2D eigenvalue weighted by molar-refractivity contribution is 8.01. The van der Waals surface area contributed by atoms with E-state index in [0.717, 1.165) is 9.90 Å². The van der Waals surface area contributed by atoms with E-state index in [2.05, 4.69) is 30.2 Å². The van der Waals surface area contributed by atoms with Gasteiger partial charge in [-0.15, -0.1) is 11.3 Å². The Kier molecular flexibility index (Phi) is 5.18. The highest BCUT2D eigenvalue weighted by Gasteiger charge is 2.33. The van der Waals surface area contributed by atoms with Crippen LogP contribution in [0.5, 0.6) is 0 Å². The molecule has 0 saturated carbocycles. The van der Waals surface area contributed by atoms with E-state index in [1.165, 1.54) is 0 Å². The second-order valence-corrected chi connectivity index (χ2v) is 6.89. The predicted molar refractivity (Wildman–Crippen MR) is 84.8 cm³/mol. The van der Waals surface area contributed by atoms with E-state index in [0.29, 0.717) is 5.75 Å². The summed E-state index contributed by atoms with van der Waals surface area (Å²) in [6, 6.07) is 12.6. The van der Waals surface area contributed by atoms with Gasteiger partial charge in [-0.05, 0) is 19.4 Å². The summed E-state index contributed by atoms with van der Waals surface area (Å²) in [6.07, 6.45) is 1.79. The maximum atomic E-state index is 9.76. The lowest BCUT2D eigenvalue weighted by atomic mass is 9.92. The quantitative estimate of drug-likeness (QED) is 0.828. The third kappa shape index (κ3) is 3.60. The highest BCUT2D eigenvalue weighted by Crippen LogP contribution is 2.30. The first-order chi connectivity index (χ1) is 9.66. The van der Waals surface area contributed by atoms with E-state index in [1.54, 1.807) is 29.3 Å². The molecule has 1 unspecified atom stereocenters. The van der Waals surface area contributed by atoms with Crippen LogP contribution in [0.25, 0.3) is 0 Å². The molecule has 0 aliphatic rings. The Morgan fingerprint density at radius 3 is 2.70 bits per heavy atom. The molecule has 20 heavy (non-hydrogen) atoms. The standard InChI is InChI=1S/C15H17N3S2/c1-12(2)18-15(10-16,13-6-4-3-5-7-13)11-20-14-17-8-9-19-14/h3-9,12,18H,11H2,1-2H3. The molecule has 1 aromatic carbocycles. The number of hydrogen-bond donors (Lipinski definition) is 1. The summed E-state index contributed by atoms with van der Waals surface area (Å²) in [7, 11) is 0. The molecule has 1 aromatic heterocycles. The number of thiazole rings is 1. The Morgan fingerprint density at radius 2 is 2.15 bits per heavy atom. The van der Waals surface area contributed by atoms with Gasteiger partial charge < -0.3 is 0 Å². The van der Waals surface area contributed by atoms with E-state index in [9.17, 15) is 5.26 Å². The average molecular weight is 303 g/mol. The lowest BCUT2D eigenvalue weighted by Crippen LogP contribution is -2.47. The predicted octanol–water partition coefficient (Wildman–Crippen LogP) is 3.65. The third-order valence-corrected chi connectivity index (χ3v) is 4.95. The van der Waals surface area contributed by atoms with E-state index < -0.39 is 5.54 Å². The molecule has 5 heteroatoms. The first-order valence-corrected chi connectivity index (χ1v) is 8.29. The van der Waals surface area contributed by atoms with Crippen molar-refractivity contribution in [3.05, 3.63) is 47.5 Å². The van der Waals surface area contributed by atoms with Crippen molar-refractivity contribution in [3.63, 3.8) is 0 Å². The number of hydrogen-bond acceptors (Lipinski definition) is 5. The molecular weight excluding hydrogens is 286 g/mol. The van der Waals surface area contributed by atoms with E-state index in [1.807, 2.05) is 35.7 Å². The van der Waals surface area contributed by atoms with Crippen LogP contribution in [0.3, 0.4) is 0 Å². The van der Waals surface area contributed by atoms with Crippen molar-refractivity contribution in [2.24, 2.45) is 0 Å². The molecule has 3 nitrogen and oxygen atoms in total. The van der Waals surface area contributed by atoms with Gasteiger partial charge >= 0.3 is 0 Å². The van der Waals surface area contributed by atoms with Crippen LogP contribution in [-0.2, 0) is 5.54 Å². The zero-order valence-electron chi connectivity index (χ0n) is 11.5. The van der Waals surface area contributed by atoms with Crippen LogP contribution < -0.4 is 5.32 Å². The fraction of sp³-hybridized carbons (Fsp3) is 0.333. The maximum Gasteiger partial charge on any atom is 0.149 e. The lowest BCUT2D eigenvalue weighted by Gasteiger charge is -2.30. The van der Waals surface area contributed by atoms with Gasteiger partial charge in [-0.3, -0.25) is 5.32 Å². The van der Waals surface area contributed by atoms with Crippen LogP contribution >= 0.6 is 23.1 Å². The summed E-state index contributed by atoms with van der Waals surface area (Å²) in [6.45, 7) is 4.12. The number of nitrogens with zero attached hydrogens (tertiary/aromatic N) is 2. The Balaban J connectivity index is 2.25. The van der Waals surface area contributed by atoms with Crippen molar-refractivity contribution in [1.29, 1.82) is 5.26 Å². The third-order valence-electron chi connectivity index (χ3n) is 2.81.